The summed E-state index contributed by atoms with van der Waals surface area (Å²) in [4.78, 5) is 17.6. The maximum Gasteiger partial charge on any atom is 0.254 e. The molecule has 0 aliphatic carbocycles. The van der Waals surface area contributed by atoms with Gasteiger partial charge in [0, 0.05) is 69.1 Å². The summed E-state index contributed by atoms with van der Waals surface area (Å²) in [5.74, 6) is 0.183. The molecule has 1 atom stereocenters. The van der Waals surface area contributed by atoms with Crippen molar-refractivity contribution in [1.82, 2.24) is 14.4 Å². The molecule has 0 radical (unpaired) electrons. The Morgan fingerprint density at radius 2 is 1.87 bits per heavy atom. The van der Waals surface area contributed by atoms with Crippen molar-refractivity contribution < 1.29 is 14.3 Å². The van der Waals surface area contributed by atoms with Crippen LogP contribution in [0.2, 0.25) is 0 Å². The van der Waals surface area contributed by atoms with Crippen LogP contribution in [0, 0.1) is 0 Å². The lowest BCUT2D eigenvalue weighted by atomic mass is 9.72. The summed E-state index contributed by atoms with van der Waals surface area (Å²) in [7, 11) is 1.67. The standard InChI is InChI=1S/C25H35N3O3/c1-18(2)27-17-19(21-6-4-5-7-22(21)27)16-26-12-8-20(9-13-26)28-24(29)23(30-3)25(28)10-14-31-15-11-25/h4-7,17-18,20,23H,8-16H2,1-3H3. The number of rotatable bonds is 5. The van der Waals surface area contributed by atoms with Crippen LogP contribution in [0.15, 0.2) is 30.5 Å². The topological polar surface area (TPSA) is 46.9 Å². The number of piperidine rings is 1. The lowest BCUT2D eigenvalue weighted by Crippen LogP contribution is -2.78. The highest BCUT2D eigenvalue weighted by molar-refractivity contribution is 5.91. The van der Waals surface area contributed by atoms with E-state index >= 15 is 0 Å². The van der Waals surface area contributed by atoms with Crippen LogP contribution in [0.5, 0.6) is 0 Å². The number of methoxy groups -OCH3 is 1. The molecule has 1 unspecified atom stereocenters. The second-order valence-corrected chi connectivity index (χ2v) is 9.72. The molecule has 31 heavy (non-hydrogen) atoms. The highest BCUT2D eigenvalue weighted by Crippen LogP contribution is 2.45. The smallest absolute Gasteiger partial charge is 0.254 e. The molecule has 0 N–H and O–H groups in total. The Balaban J connectivity index is 1.27. The number of likely N-dealkylation sites (tertiary alicyclic amines) is 2. The number of aromatic nitrogens is 1. The molecule has 0 bridgehead atoms. The minimum atomic E-state index is -0.281. The molecule has 4 heterocycles. The van der Waals surface area contributed by atoms with Crippen LogP contribution < -0.4 is 0 Å². The maximum absolute atomic E-state index is 12.9. The molecule has 3 saturated heterocycles. The number of fused-ring (bicyclic) bond motifs is 1. The molecule has 3 fully saturated rings. The minimum Gasteiger partial charge on any atom is -0.381 e. The molecule has 1 amide bonds. The van der Waals surface area contributed by atoms with Crippen molar-refractivity contribution in [3.63, 3.8) is 0 Å². The minimum absolute atomic E-state index is 0.137. The summed E-state index contributed by atoms with van der Waals surface area (Å²) < 4.78 is 13.6. The van der Waals surface area contributed by atoms with Gasteiger partial charge >= 0.3 is 0 Å². The number of para-hydroxylation sites is 1. The lowest BCUT2D eigenvalue weighted by Gasteiger charge is -2.61. The third kappa shape index (κ3) is 3.40. The average molecular weight is 426 g/mol. The zero-order valence-corrected chi connectivity index (χ0v) is 19.0. The highest BCUT2D eigenvalue weighted by atomic mass is 16.5. The van der Waals surface area contributed by atoms with Gasteiger partial charge in [0.05, 0.1) is 5.54 Å². The van der Waals surface area contributed by atoms with Gasteiger partial charge < -0.3 is 18.9 Å². The van der Waals surface area contributed by atoms with Gasteiger partial charge in [-0.2, -0.15) is 0 Å². The molecule has 3 aliphatic heterocycles. The van der Waals surface area contributed by atoms with Gasteiger partial charge in [-0.3, -0.25) is 9.69 Å². The Bertz CT molecular complexity index is 939. The zero-order valence-electron chi connectivity index (χ0n) is 19.0. The Morgan fingerprint density at radius 3 is 2.55 bits per heavy atom. The van der Waals surface area contributed by atoms with E-state index in [2.05, 4.69) is 58.7 Å². The van der Waals surface area contributed by atoms with Crippen molar-refractivity contribution in [3.05, 3.63) is 36.0 Å². The molecule has 168 valence electrons. The third-order valence-electron chi connectivity index (χ3n) is 7.72. The van der Waals surface area contributed by atoms with E-state index in [4.69, 9.17) is 9.47 Å². The van der Waals surface area contributed by atoms with Crippen LogP contribution in [0.25, 0.3) is 10.9 Å². The molecule has 1 aromatic carbocycles. The van der Waals surface area contributed by atoms with Gasteiger partial charge in [-0.05, 0) is 51.2 Å². The average Bonchev–Trinajstić information content (AvgIpc) is 3.15. The molecule has 5 rings (SSSR count). The van der Waals surface area contributed by atoms with Crippen molar-refractivity contribution in [2.45, 2.75) is 69.8 Å². The second-order valence-electron chi connectivity index (χ2n) is 9.72. The van der Waals surface area contributed by atoms with E-state index in [1.165, 1.54) is 16.5 Å². The molecule has 3 aliphatic rings. The van der Waals surface area contributed by atoms with Crippen molar-refractivity contribution in [3.8, 4) is 0 Å². The molecule has 1 aromatic heterocycles. The van der Waals surface area contributed by atoms with Gasteiger partial charge in [0.2, 0.25) is 0 Å². The number of carbonyl (C=O) groups excluding carboxylic acids is 1. The van der Waals surface area contributed by atoms with Crippen LogP contribution in [-0.2, 0) is 20.8 Å². The van der Waals surface area contributed by atoms with E-state index in [1.54, 1.807) is 7.11 Å². The quantitative estimate of drug-likeness (QED) is 0.687. The van der Waals surface area contributed by atoms with Crippen molar-refractivity contribution in [1.29, 1.82) is 0 Å². The van der Waals surface area contributed by atoms with Crippen LogP contribution in [-0.4, -0.2) is 71.4 Å². The maximum atomic E-state index is 12.9. The van der Waals surface area contributed by atoms with E-state index in [0.29, 0.717) is 12.1 Å². The number of amides is 1. The van der Waals surface area contributed by atoms with Crippen LogP contribution >= 0.6 is 0 Å². The number of hydrogen-bond donors (Lipinski definition) is 0. The number of hydrogen-bond acceptors (Lipinski definition) is 4. The summed E-state index contributed by atoms with van der Waals surface area (Å²) in [5.41, 5.74) is 2.59. The third-order valence-corrected chi connectivity index (χ3v) is 7.72. The summed E-state index contributed by atoms with van der Waals surface area (Å²) >= 11 is 0. The van der Waals surface area contributed by atoms with Crippen LogP contribution in [0.4, 0.5) is 0 Å². The molecule has 6 nitrogen and oxygen atoms in total. The van der Waals surface area contributed by atoms with Crippen LogP contribution in [0.3, 0.4) is 0 Å². The predicted octanol–water partition coefficient (Wildman–Crippen LogP) is 3.59. The van der Waals surface area contributed by atoms with Crippen LogP contribution in [0.1, 0.15) is 51.1 Å². The molecule has 0 saturated carbocycles. The summed E-state index contributed by atoms with van der Waals surface area (Å²) in [6, 6.07) is 9.50. The first-order valence-corrected chi connectivity index (χ1v) is 11.8. The Hall–Kier alpha value is -1.89. The zero-order chi connectivity index (χ0) is 21.6. The van der Waals surface area contributed by atoms with Crippen molar-refractivity contribution in [2.24, 2.45) is 0 Å². The first kappa shape index (κ1) is 21.0. The fraction of sp³-hybridized carbons (Fsp3) is 0.640. The number of carbonyl (C=O) groups is 1. The fourth-order valence-electron chi connectivity index (χ4n) is 6.13. The number of nitrogens with zero attached hydrogens (tertiary/aromatic N) is 3. The van der Waals surface area contributed by atoms with E-state index in [1.807, 2.05) is 0 Å². The normalized spacial score (nSPS) is 25.0. The first-order chi connectivity index (χ1) is 15.0. The van der Waals surface area contributed by atoms with E-state index in [-0.39, 0.29) is 17.6 Å². The molecular formula is C25H35N3O3. The number of ether oxygens (including phenoxy) is 2. The predicted molar refractivity (Wildman–Crippen MR) is 121 cm³/mol. The summed E-state index contributed by atoms with van der Waals surface area (Å²) in [6.07, 6.45) is 5.91. The van der Waals surface area contributed by atoms with Gasteiger partial charge in [0.25, 0.3) is 5.91 Å². The fourth-order valence-corrected chi connectivity index (χ4v) is 6.13. The molecule has 2 aromatic rings. The van der Waals surface area contributed by atoms with Gasteiger partial charge in [0.1, 0.15) is 0 Å². The van der Waals surface area contributed by atoms with E-state index in [9.17, 15) is 4.79 Å². The summed E-state index contributed by atoms with van der Waals surface area (Å²) in [6.45, 7) is 8.96. The Morgan fingerprint density at radius 1 is 1.16 bits per heavy atom. The number of benzene rings is 1. The molecular weight excluding hydrogens is 390 g/mol. The Labute approximate surface area is 185 Å². The monoisotopic (exact) mass is 425 g/mol. The van der Waals surface area contributed by atoms with Gasteiger partial charge in [-0.25, -0.2) is 0 Å². The van der Waals surface area contributed by atoms with Crippen molar-refractivity contribution >= 4 is 16.8 Å². The SMILES string of the molecule is COC1C(=O)N(C2CCN(Cc3cn(C(C)C)c4ccccc34)CC2)C12CCOCC2. The number of β-lactam (4-membered cyclic amide) rings is 1. The lowest BCUT2D eigenvalue weighted by molar-refractivity contribution is -0.214. The molecule has 6 heteroatoms. The highest BCUT2D eigenvalue weighted by Gasteiger charge is 2.62. The van der Waals surface area contributed by atoms with E-state index in [0.717, 1.165) is 58.5 Å². The van der Waals surface area contributed by atoms with Gasteiger partial charge in [-0.15, -0.1) is 0 Å². The van der Waals surface area contributed by atoms with Gasteiger partial charge in [-0.1, -0.05) is 18.2 Å². The van der Waals surface area contributed by atoms with Crippen molar-refractivity contribution in [2.75, 3.05) is 33.4 Å². The summed E-state index contributed by atoms with van der Waals surface area (Å²) in [5, 5.41) is 1.36. The van der Waals surface area contributed by atoms with E-state index < -0.39 is 0 Å². The molecule has 1 spiro atoms. The Kier molecular flexibility index (Phi) is 5.57. The largest absolute Gasteiger partial charge is 0.381 e. The van der Waals surface area contributed by atoms with Gasteiger partial charge in [0.15, 0.2) is 6.10 Å². The second kappa shape index (κ2) is 8.23. The first-order valence-electron chi connectivity index (χ1n) is 11.8.